The van der Waals surface area contributed by atoms with Crippen molar-refractivity contribution in [2.24, 2.45) is 5.18 Å². The molecule has 2 rings (SSSR count). The zero-order valence-electron chi connectivity index (χ0n) is 12.3. The standard InChI is InChI=1S/C17H19NO3/c1-12(2)21-17(19)16(18-20)10-8-13-7-9-14-5-3-4-6-15(14)11-13/h3-7,9,11-12,16H,8,10H2,1-2H3. The van der Waals surface area contributed by atoms with E-state index in [1.807, 2.05) is 30.3 Å². The largest absolute Gasteiger partial charge is 0.461 e. The molecule has 2 aromatic rings. The predicted molar refractivity (Wildman–Crippen MR) is 83.1 cm³/mol. The van der Waals surface area contributed by atoms with Crippen molar-refractivity contribution in [3.63, 3.8) is 0 Å². The van der Waals surface area contributed by atoms with Crippen LogP contribution in [0.3, 0.4) is 0 Å². The van der Waals surface area contributed by atoms with Gasteiger partial charge < -0.3 is 4.74 Å². The van der Waals surface area contributed by atoms with Crippen LogP contribution in [0.4, 0.5) is 0 Å². The Bertz CT molecular complexity index is 637. The van der Waals surface area contributed by atoms with E-state index < -0.39 is 12.0 Å². The first kappa shape index (κ1) is 15.2. The molecule has 110 valence electrons. The molecule has 0 heterocycles. The van der Waals surface area contributed by atoms with Gasteiger partial charge in [-0.1, -0.05) is 47.6 Å². The van der Waals surface area contributed by atoms with E-state index in [2.05, 4.69) is 17.3 Å². The third-order valence-corrected chi connectivity index (χ3v) is 3.27. The van der Waals surface area contributed by atoms with Crippen LogP contribution < -0.4 is 0 Å². The van der Waals surface area contributed by atoms with E-state index >= 15 is 0 Å². The lowest BCUT2D eigenvalue weighted by molar-refractivity contribution is -0.149. The van der Waals surface area contributed by atoms with Crippen LogP contribution in [0.2, 0.25) is 0 Å². The number of benzene rings is 2. The number of esters is 1. The topological polar surface area (TPSA) is 55.7 Å². The molecule has 0 amide bonds. The molecule has 0 bridgehead atoms. The van der Waals surface area contributed by atoms with Crippen molar-refractivity contribution in [2.45, 2.75) is 38.8 Å². The molecular formula is C17H19NO3. The number of nitroso groups, excluding NO2 is 1. The fourth-order valence-corrected chi connectivity index (χ4v) is 2.22. The monoisotopic (exact) mass is 285 g/mol. The molecule has 0 saturated carbocycles. The SMILES string of the molecule is CC(C)OC(=O)C(CCc1ccc2ccccc2c1)N=O. The van der Waals surface area contributed by atoms with Gasteiger partial charge in [-0.25, -0.2) is 4.79 Å². The Morgan fingerprint density at radius 3 is 2.52 bits per heavy atom. The van der Waals surface area contributed by atoms with Gasteiger partial charge in [0.2, 0.25) is 0 Å². The molecule has 0 N–H and O–H groups in total. The third-order valence-electron chi connectivity index (χ3n) is 3.27. The first-order chi connectivity index (χ1) is 10.1. The van der Waals surface area contributed by atoms with E-state index in [0.717, 1.165) is 10.9 Å². The minimum absolute atomic E-state index is 0.234. The molecule has 1 atom stereocenters. The van der Waals surface area contributed by atoms with Gasteiger partial charge in [0.25, 0.3) is 0 Å². The predicted octanol–water partition coefficient (Wildman–Crippen LogP) is 3.86. The van der Waals surface area contributed by atoms with Crippen LogP contribution in [0.25, 0.3) is 10.8 Å². The summed E-state index contributed by atoms with van der Waals surface area (Å²) in [5, 5.41) is 5.21. The lowest BCUT2D eigenvalue weighted by atomic mass is 10.0. The Labute approximate surface area is 124 Å². The van der Waals surface area contributed by atoms with Crippen molar-refractivity contribution in [1.29, 1.82) is 0 Å². The average Bonchev–Trinajstić information content (AvgIpc) is 2.47. The fraction of sp³-hybridized carbons (Fsp3) is 0.353. The molecule has 0 aliphatic carbocycles. The Balaban J connectivity index is 2.02. The van der Waals surface area contributed by atoms with E-state index in [-0.39, 0.29) is 6.10 Å². The van der Waals surface area contributed by atoms with Gasteiger partial charge in [-0.2, -0.15) is 0 Å². The third kappa shape index (κ3) is 4.12. The van der Waals surface area contributed by atoms with E-state index in [4.69, 9.17) is 4.74 Å². The Morgan fingerprint density at radius 1 is 1.14 bits per heavy atom. The molecule has 0 spiro atoms. The molecule has 4 nitrogen and oxygen atoms in total. The average molecular weight is 285 g/mol. The van der Waals surface area contributed by atoms with Crippen molar-refractivity contribution in [2.75, 3.05) is 0 Å². The van der Waals surface area contributed by atoms with Crippen molar-refractivity contribution in [1.82, 2.24) is 0 Å². The van der Waals surface area contributed by atoms with Crippen LogP contribution in [0.5, 0.6) is 0 Å². The van der Waals surface area contributed by atoms with Crippen molar-refractivity contribution in [3.05, 3.63) is 52.9 Å². The summed E-state index contributed by atoms with van der Waals surface area (Å²) in [6, 6.07) is 13.3. The summed E-state index contributed by atoms with van der Waals surface area (Å²) in [6.07, 6.45) is 0.754. The number of rotatable bonds is 6. The highest BCUT2D eigenvalue weighted by Crippen LogP contribution is 2.17. The fourth-order valence-electron chi connectivity index (χ4n) is 2.22. The highest BCUT2D eigenvalue weighted by Gasteiger charge is 2.21. The Hall–Kier alpha value is -2.23. The molecule has 0 aliphatic heterocycles. The zero-order chi connectivity index (χ0) is 15.2. The maximum atomic E-state index is 11.7. The van der Waals surface area contributed by atoms with Crippen LogP contribution in [0.15, 0.2) is 47.6 Å². The Kier molecular flexibility index (Phi) is 5.04. The summed E-state index contributed by atoms with van der Waals surface area (Å²) in [5.74, 6) is -0.541. The number of carbonyl (C=O) groups excluding carboxylic acids is 1. The summed E-state index contributed by atoms with van der Waals surface area (Å²) < 4.78 is 5.03. The molecule has 1 unspecified atom stereocenters. The van der Waals surface area contributed by atoms with E-state index in [0.29, 0.717) is 12.8 Å². The number of hydrogen-bond acceptors (Lipinski definition) is 4. The second-order valence-corrected chi connectivity index (χ2v) is 5.33. The smallest absolute Gasteiger partial charge is 0.334 e. The minimum Gasteiger partial charge on any atom is -0.461 e. The van der Waals surface area contributed by atoms with Gasteiger partial charge in [-0.3, -0.25) is 0 Å². The number of nitrogens with zero attached hydrogens (tertiary/aromatic N) is 1. The summed E-state index contributed by atoms with van der Waals surface area (Å²) in [5.41, 5.74) is 1.08. The number of aryl methyl sites for hydroxylation is 1. The molecule has 0 saturated heterocycles. The number of carbonyl (C=O) groups is 1. The second kappa shape index (κ2) is 6.97. The van der Waals surface area contributed by atoms with Gasteiger partial charge in [0.05, 0.1) is 6.10 Å². The Morgan fingerprint density at radius 2 is 1.86 bits per heavy atom. The molecule has 0 radical (unpaired) electrons. The molecular weight excluding hydrogens is 266 g/mol. The highest BCUT2D eigenvalue weighted by molar-refractivity contribution is 5.83. The van der Waals surface area contributed by atoms with Gasteiger partial charge in [-0.15, -0.1) is 4.91 Å². The number of fused-ring (bicyclic) bond motifs is 1. The number of hydrogen-bond donors (Lipinski definition) is 0. The quantitative estimate of drug-likeness (QED) is 0.598. The van der Waals surface area contributed by atoms with Crippen LogP contribution in [-0.4, -0.2) is 18.1 Å². The summed E-state index contributed by atoms with van der Waals surface area (Å²) in [7, 11) is 0. The molecule has 2 aromatic carbocycles. The molecule has 21 heavy (non-hydrogen) atoms. The number of ether oxygens (including phenoxy) is 1. The first-order valence-electron chi connectivity index (χ1n) is 7.11. The molecule has 0 aromatic heterocycles. The lowest BCUT2D eigenvalue weighted by Crippen LogP contribution is -2.24. The van der Waals surface area contributed by atoms with Crippen molar-refractivity contribution < 1.29 is 9.53 Å². The molecule has 0 fully saturated rings. The van der Waals surface area contributed by atoms with Gasteiger partial charge in [0, 0.05) is 0 Å². The maximum Gasteiger partial charge on any atom is 0.334 e. The summed E-state index contributed by atoms with van der Waals surface area (Å²) >= 11 is 0. The van der Waals surface area contributed by atoms with Crippen molar-refractivity contribution in [3.8, 4) is 0 Å². The van der Waals surface area contributed by atoms with E-state index in [1.54, 1.807) is 13.8 Å². The van der Waals surface area contributed by atoms with Crippen molar-refractivity contribution >= 4 is 16.7 Å². The van der Waals surface area contributed by atoms with E-state index in [9.17, 15) is 9.70 Å². The maximum absolute atomic E-state index is 11.7. The van der Waals surface area contributed by atoms with Crippen LogP contribution in [0.1, 0.15) is 25.8 Å². The van der Waals surface area contributed by atoms with E-state index in [1.165, 1.54) is 5.39 Å². The van der Waals surface area contributed by atoms with Crippen LogP contribution >= 0.6 is 0 Å². The van der Waals surface area contributed by atoms with Gasteiger partial charge in [0.1, 0.15) is 0 Å². The second-order valence-electron chi connectivity index (χ2n) is 5.33. The first-order valence-corrected chi connectivity index (χ1v) is 7.11. The summed E-state index contributed by atoms with van der Waals surface area (Å²) in [6.45, 7) is 3.51. The summed E-state index contributed by atoms with van der Waals surface area (Å²) in [4.78, 5) is 22.5. The molecule has 4 heteroatoms. The van der Waals surface area contributed by atoms with Gasteiger partial charge in [0.15, 0.2) is 6.04 Å². The normalized spacial score (nSPS) is 12.3. The molecule has 0 aliphatic rings. The van der Waals surface area contributed by atoms with Crippen LogP contribution in [0, 0.1) is 4.91 Å². The van der Waals surface area contributed by atoms with Gasteiger partial charge in [-0.05, 0) is 43.0 Å². The lowest BCUT2D eigenvalue weighted by Gasteiger charge is -2.12. The van der Waals surface area contributed by atoms with Gasteiger partial charge >= 0.3 is 5.97 Å². The zero-order valence-corrected chi connectivity index (χ0v) is 12.3. The van der Waals surface area contributed by atoms with Crippen LogP contribution in [-0.2, 0) is 16.0 Å². The minimum atomic E-state index is -0.932. The highest BCUT2D eigenvalue weighted by atomic mass is 16.5.